The molecule has 0 bridgehead atoms. The number of rotatable bonds is 8. The van der Waals surface area contributed by atoms with E-state index in [1.165, 1.54) is 6.07 Å². The van der Waals surface area contributed by atoms with Gasteiger partial charge in [0.05, 0.1) is 10.5 Å². The normalized spacial score (nSPS) is 11.7. The summed E-state index contributed by atoms with van der Waals surface area (Å²) >= 11 is 9.24. The molecule has 0 aliphatic heterocycles. The number of nitrogens with one attached hydrogen (secondary N) is 1. The van der Waals surface area contributed by atoms with E-state index in [0.29, 0.717) is 24.3 Å². The van der Waals surface area contributed by atoms with Crippen molar-refractivity contribution in [3.05, 3.63) is 67.1 Å². The summed E-state index contributed by atoms with van der Waals surface area (Å²) in [4.78, 5) is 35.1. The molecule has 0 heterocycles. The molecule has 2 N–H and O–H groups in total. The summed E-state index contributed by atoms with van der Waals surface area (Å²) in [6, 6.07) is 9.50. The summed E-state index contributed by atoms with van der Waals surface area (Å²) < 4.78 is 0.232. The van der Waals surface area contributed by atoms with Crippen LogP contribution in [0.25, 0.3) is 0 Å². The van der Waals surface area contributed by atoms with Crippen LogP contribution in [0.3, 0.4) is 0 Å². The molecule has 1 atom stereocenters. The number of nitro benzene ring substituents is 1. The Hall–Kier alpha value is -2.45. The van der Waals surface area contributed by atoms with Gasteiger partial charge in [-0.25, -0.2) is 4.79 Å². The van der Waals surface area contributed by atoms with E-state index in [1.54, 1.807) is 12.1 Å². The van der Waals surface area contributed by atoms with E-state index in [0.717, 1.165) is 11.6 Å². The molecule has 1 unspecified atom stereocenters. The standard InChI is InChI=1S/C19H18BrClN2O5/c1-2-5-12(8-11-6-3-4-7-15(11)21)18(24)22-17-14(19(25)26)9-13(20)10-16(17)23(27)28/h3-4,6-7,9-10,12H,2,5,8H2,1H3,(H,22,24)(H,25,26). The van der Waals surface area contributed by atoms with Crippen molar-refractivity contribution in [2.75, 3.05) is 5.32 Å². The van der Waals surface area contributed by atoms with E-state index >= 15 is 0 Å². The largest absolute Gasteiger partial charge is 0.478 e. The lowest BCUT2D eigenvalue weighted by Gasteiger charge is -2.18. The zero-order valence-corrected chi connectivity index (χ0v) is 17.3. The summed E-state index contributed by atoms with van der Waals surface area (Å²) in [5, 5.41) is 23.8. The van der Waals surface area contributed by atoms with Gasteiger partial charge >= 0.3 is 5.97 Å². The first kappa shape index (κ1) is 21.8. The highest BCUT2D eigenvalue weighted by molar-refractivity contribution is 9.10. The third-order valence-electron chi connectivity index (χ3n) is 4.19. The summed E-state index contributed by atoms with van der Waals surface area (Å²) in [5.41, 5.74) is -0.400. The van der Waals surface area contributed by atoms with E-state index in [-0.39, 0.29) is 15.7 Å². The maximum Gasteiger partial charge on any atom is 0.338 e. The SMILES string of the molecule is CCCC(Cc1ccccc1Cl)C(=O)Nc1c(C(=O)O)cc(Br)cc1[N+](=O)[O-]. The van der Waals surface area contributed by atoms with E-state index in [9.17, 15) is 24.8 Å². The van der Waals surface area contributed by atoms with Crippen LogP contribution in [0.15, 0.2) is 40.9 Å². The van der Waals surface area contributed by atoms with Gasteiger partial charge in [-0.2, -0.15) is 0 Å². The van der Waals surface area contributed by atoms with Gasteiger partial charge < -0.3 is 10.4 Å². The van der Waals surface area contributed by atoms with Crippen LogP contribution in [0, 0.1) is 16.0 Å². The van der Waals surface area contributed by atoms with Crippen molar-refractivity contribution in [1.82, 2.24) is 0 Å². The molecule has 0 saturated carbocycles. The zero-order valence-electron chi connectivity index (χ0n) is 14.9. The van der Waals surface area contributed by atoms with Crippen molar-refractivity contribution in [2.45, 2.75) is 26.2 Å². The predicted octanol–water partition coefficient (Wildman–Crippen LogP) is 5.31. The Morgan fingerprint density at radius 1 is 1.32 bits per heavy atom. The van der Waals surface area contributed by atoms with Gasteiger partial charge in [0.25, 0.3) is 5.69 Å². The highest BCUT2D eigenvalue weighted by Crippen LogP contribution is 2.33. The minimum Gasteiger partial charge on any atom is -0.478 e. The van der Waals surface area contributed by atoms with Gasteiger partial charge in [0.2, 0.25) is 5.91 Å². The van der Waals surface area contributed by atoms with E-state index in [1.807, 2.05) is 19.1 Å². The topological polar surface area (TPSA) is 110 Å². The maximum absolute atomic E-state index is 12.9. The van der Waals surface area contributed by atoms with E-state index in [4.69, 9.17) is 11.6 Å². The van der Waals surface area contributed by atoms with Gasteiger partial charge in [0, 0.05) is 21.5 Å². The van der Waals surface area contributed by atoms with Crippen LogP contribution < -0.4 is 5.32 Å². The molecule has 0 radical (unpaired) electrons. The molecule has 0 spiro atoms. The van der Waals surface area contributed by atoms with Crippen molar-refractivity contribution in [3.63, 3.8) is 0 Å². The second-order valence-corrected chi connectivity index (χ2v) is 7.50. The van der Waals surface area contributed by atoms with E-state index < -0.39 is 28.4 Å². The fourth-order valence-corrected chi connectivity index (χ4v) is 3.52. The Morgan fingerprint density at radius 3 is 2.57 bits per heavy atom. The van der Waals surface area contributed by atoms with Crippen molar-refractivity contribution in [2.24, 2.45) is 5.92 Å². The molecular formula is C19H18BrClN2O5. The molecule has 9 heteroatoms. The van der Waals surface area contributed by atoms with Gasteiger partial charge in [0.1, 0.15) is 5.69 Å². The van der Waals surface area contributed by atoms with Gasteiger partial charge in [-0.3, -0.25) is 14.9 Å². The number of hydrogen-bond acceptors (Lipinski definition) is 4. The average molecular weight is 470 g/mol. The molecule has 0 aromatic heterocycles. The lowest BCUT2D eigenvalue weighted by Crippen LogP contribution is -2.26. The number of aromatic carboxylic acids is 1. The van der Waals surface area contributed by atoms with Crippen molar-refractivity contribution in [3.8, 4) is 0 Å². The second kappa shape index (κ2) is 9.66. The zero-order chi connectivity index (χ0) is 20.8. The Kier molecular flexibility index (Phi) is 7.53. The summed E-state index contributed by atoms with van der Waals surface area (Å²) in [6.45, 7) is 1.91. The molecular weight excluding hydrogens is 452 g/mol. The first-order valence-corrected chi connectivity index (χ1v) is 9.67. The quantitative estimate of drug-likeness (QED) is 0.402. The Labute approximate surface area is 175 Å². The molecule has 2 aromatic rings. The highest BCUT2D eigenvalue weighted by Gasteiger charge is 2.27. The van der Waals surface area contributed by atoms with Crippen molar-refractivity contribution in [1.29, 1.82) is 0 Å². The number of halogens is 2. The minimum absolute atomic E-state index is 0.232. The molecule has 7 nitrogen and oxygen atoms in total. The lowest BCUT2D eigenvalue weighted by atomic mass is 9.94. The Morgan fingerprint density at radius 2 is 2.00 bits per heavy atom. The van der Waals surface area contributed by atoms with Crippen LogP contribution in [-0.4, -0.2) is 21.9 Å². The van der Waals surface area contributed by atoms with Crippen molar-refractivity contribution < 1.29 is 19.6 Å². The molecule has 2 aromatic carbocycles. The third kappa shape index (κ3) is 5.30. The lowest BCUT2D eigenvalue weighted by molar-refractivity contribution is -0.384. The van der Waals surface area contributed by atoms with Crippen LogP contribution in [0.1, 0.15) is 35.7 Å². The highest BCUT2D eigenvalue weighted by atomic mass is 79.9. The number of carboxylic acids is 1. The fraction of sp³-hybridized carbons (Fsp3) is 0.263. The van der Waals surface area contributed by atoms with Crippen LogP contribution in [0.4, 0.5) is 11.4 Å². The van der Waals surface area contributed by atoms with Gasteiger partial charge in [-0.05, 0) is 30.5 Å². The number of anilines is 1. The third-order valence-corrected chi connectivity index (χ3v) is 5.02. The fourth-order valence-electron chi connectivity index (χ4n) is 2.87. The summed E-state index contributed by atoms with van der Waals surface area (Å²) in [5.74, 6) is -2.39. The summed E-state index contributed by atoms with van der Waals surface area (Å²) in [7, 11) is 0. The molecule has 28 heavy (non-hydrogen) atoms. The number of nitrogens with zero attached hydrogens (tertiary/aromatic N) is 1. The number of carboxylic acid groups (broad SMARTS) is 1. The average Bonchev–Trinajstić information content (AvgIpc) is 2.63. The molecule has 0 aliphatic carbocycles. The monoisotopic (exact) mass is 468 g/mol. The van der Waals surface area contributed by atoms with Crippen LogP contribution in [0.5, 0.6) is 0 Å². The smallest absolute Gasteiger partial charge is 0.338 e. The number of hydrogen-bond donors (Lipinski definition) is 2. The number of amides is 1. The number of carbonyl (C=O) groups is 2. The first-order valence-electron chi connectivity index (χ1n) is 8.50. The molecule has 2 rings (SSSR count). The maximum atomic E-state index is 12.9. The van der Waals surface area contributed by atoms with Crippen LogP contribution in [0.2, 0.25) is 5.02 Å². The second-order valence-electron chi connectivity index (χ2n) is 6.18. The number of nitro groups is 1. The number of benzene rings is 2. The van der Waals surface area contributed by atoms with Gasteiger partial charge in [0.15, 0.2) is 0 Å². The first-order chi connectivity index (χ1) is 13.2. The van der Waals surface area contributed by atoms with Gasteiger partial charge in [-0.15, -0.1) is 0 Å². The molecule has 1 amide bonds. The van der Waals surface area contributed by atoms with Crippen LogP contribution >= 0.6 is 27.5 Å². The predicted molar refractivity (Wildman–Crippen MR) is 110 cm³/mol. The Bertz CT molecular complexity index is 884. The van der Waals surface area contributed by atoms with E-state index in [2.05, 4.69) is 21.2 Å². The Balaban J connectivity index is 2.39. The molecule has 0 aliphatic rings. The summed E-state index contributed by atoms with van der Waals surface area (Å²) in [6.07, 6.45) is 1.56. The molecule has 0 saturated heterocycles. The van der Waals surface area contributed by atoms with Crippen LogP contribution in [-0.2, 0) is 11.2 Å². The molecule has 0 fully saturated rings. The minimum atomic E-state index is -1.38. The molecule has 148 valence electrons. The van der Waals surface area contributed by atoms with Crippen molar-refractivity contribution >= 4 is 50.8 Å². The number of carbonyl (C=O) groups excluding carboxylic acids is 1. The van der Waals surface area contributed by atoms with Gasteiger partial charge in [-0.1, -0.05) is 59.1 Å².